The van der Waals surface area contributed by atoms with Gasteiger partial charge >= 0.3 is 0 Å². The molecule has 0 radical (unpaired) electrons. The van der Waals surface area contributed by atoms with Crippen LogP contribution in [0.15, 0.2) is 36.5 Å². The summed E-state index contributed by atoms with van der Waals surface area (Å²) in [5.41, 5.74) is 1.30. The molecule has 0 bridgehead atoms. The Bertz CT molecular complexity index is 699. The zero-order valence-electron chi connectivity index (χ0n) is 15.4. The molecule has 1 aromatic heterocycles. The molecular weight excluding hydrogens is 352 g/mol. The molecule has 2 aromatic rings. The van der Waals surface area contributed by atoms with E-state index in [4.69, 9.17) is 4.74 Å². The summed E-state index contributed by atoms with van der Waals surface area (Å²) in [6, 6.07) is 10.0. The number of aromatic nitrogens is 2. The first kappa shape index (κ1) is 20.3. The summed E-state index contributed by atoms with van der Waals surface area (Å²) < 4.78 is 7.52. The number of nitrogens with zero attached hydrogens (tertiary/aromatic N) is 3. The highest BCUT2D eigenvalue weighted by atomic mass is 35.5. The summed E-state index contributed by atoms with van der Waals surface area (Å²) in [6.07, 6.45) is 4.61. The van der Waals surface area contributed by atoms with Crippen LogP contribution in [-0.4, -0.2) is 53.4 Å². The van der Waals surface area contributed by atoms with E-state index in [-0.39, 0.29) is 24.4 Å². The maximum Gasteiger partial charge on any atom is 0.278 e. The zero-order chi connectivity index (χ0) is 17.6. The minimum absolute atomic E-state index is 0. The van der Waals surface area contributed by atoms with Crippen LogP contribution in [0.25, 0.3) is 5.69 Å². The van der Waals surface area contributed by atoms with Crippen LogP contribution < -0.4 is 10.1 Å². The number of ether oxygens (including phenoxy) is 1. The number of benzene rings is 1. The van der Waals surface area contributed by atoms with E-state index < -0.39 is 0 Å². The van der Waals surface area contributed by atoms with Gasteiger partial charge in [0.05, 0.1) is 18.5 Å². The van der Waals surface area contributed by atoms with Gasteiger partial charge in [0.15, 0.2) is 11.4 Å². The lowest BCUT2D eigenvalue weighted by Gasteiger charge is -2.31. The highest BCUT2D eigenvalue weighted by Crippen LogP contribution is 2.23. The molecule has 7 heteroatoms. The summed E-state index contributed by atoms with van der Waals surface area (Å²) in [7, 11) is 1.86. The molecular formula is C19H27ClN4O2. The molecule has 1 aromatic carbocycles. The Labute approximate surface area is 160 Å². The van der Waals surface area contributed by atoms with E-state index in [0.717, 1.165) is 38.0 Å². The van der Waals surface area contributed by atoms with Gasteiger partial charge in [-0.3, -0.25) is 4.79 Å². The Morgan fingerprint density at radius 2 is 2.00 bits per heavy atom. The highest BCUT2D eigenvalue weighted by molar-refractivity contribution is 5.95. The van der Waals surface area contributed by atoms with Crippen molar-refractivity contribution in [3.63, 3.8) is 0 Å². The van der Waals surface area contributed by atoms with Crippen LogP contribution in [0.1, 0.15) is 36.7 Å². The molecule has 1 saturated heterocycles. The fourth-order valence-electron chi connectivity index (χ4n) is 3.06. The van der Waals surface area contributed by atoms with Gasteiger partial charge in [-0.15, -0.1) is 12.4 Å². The number of carbonyl (C=O) groups excluding carboxylic acids is 1. The molecule has 1 N–H and O–H groups in total. The molecule has 6 nitrogen and oxygen atoms in total. The summed E-state index contributed by atoms with van der Waals surface area (Å²) in [4.78, 5) is 14.8. The molecule has 26 heavy (non-hydrogen) atoms. The molecule has 1 aliphatic rings. The zero-order valence-corrected chi connectivity index (χ0v) is 16.2. The van der Waals surface area contributed by atoms with Crippen molar-refractivity contribution in [2.24, 2.45) is 0 Å². The smallest absolute Gasteiger partial charge is 0.278 e. The Hall–Kier alpha value is -2.05. The van der Waals surface area contributed by atoms with E-state index in [9.17, 15) is 4.79 Å². The minimum Gasteiger partial charge on any atom is -0.489 e. The molecule has 1 amide bonds. The van der Waals surface area contributed by atoms with Crippen LogP contribution in [-0.2, 0) is 0 Å². The second kappa shape index (κ2) is 9.59. The number of hydrogen-bond donors (Lipinski definition) is 1. The quantitative estimate of drug-likeness (QED) is 0.839. The lowest BCUT2D eigenvalue weighted by Crippen LogP contribution is -2.44. The van der Waals surface area contributed by atoms with E-state index in [0.29, 0.717) is 18.1 Å². The minimum atomic E-state index is -0.0762. The van der Waals surface area contributed by atoms with Crippen LogP contribution in [0.5, 0.6) is 5.75 Å². The summed E-state index contributed by atoms with van der Waals surface area (Å²) in [5.74, 6) is 0.476. The molecule has 0 aliphatic carbocycles. The average molecular weight is 379 g/mol. The average Bonchev–Trinajstić information content (AvgIpc) is 3.10. The number of para-hydroxylation sites is 1. The second-order valence-electron chi connectivity index (χ2n) is 6.37. The summed E-state index contributed by atoms with van der Waals surface area (Å²) in [5, 5.41) is 7.86. The van der Waals surface area contributed by atoms with Gasteiger partial charge in [0.25, 0.3) is 5.91 Å². The van der Waals surface area contributed by atoms with E-state index in [1.54, 1.807) is 10.9 Å². The SMILES string of the molecule is CCCOc1cn(-c2ccccc2)nc1C(=O)N(C)C1CCNCC1.Cl. The van der Waals surface area contributed by atoms with Crippen molar-refractivity contribution in [1.29, 1.82) is 0 Å². The summed E-state index contributed by atoms with van der Waals surface area (Å²) >= 11 is 0. The van der Waals surface area contributed by atoms with Gasteiger partial charge in [-0.2, -0.15) is 5.10 Å². The molecule has 142 valence electrons. The maximum absolute atomic E-state index is 13.0. The van der Waals surface area contributed by atoms with E-state index in [1.807, 2.05) is 49.2 Å². The number of halogens is 1. The fraction of sp³-hybridized carbons (Fsp3) is 0.474. The van der Waals surface area contributed by atoms with Crippen LogP contribution in [0, 0.1) is 0 Å². The predicted molar refractivity (Wildman–Crippen MR) is 105 cm³/mol. The third-order valence-corrected chi connectivity index (χ3v) is 4.54. The van der Waals surface area contributed by atoms with Crippen molar-refractivity contribution < 1.29 is 9.53 Å². The van der Waals surface area contributed by atoms with Gasteiger partial charge in [0.1, 0.15) is 0 Å². The van der Waals surface area contributed by atoms with Crippen LogP contribution in [0.2, 0.25) is 0 Å². The van der Waals surface area contributed by atoms with Gasteiger partial charge < -0.3 is 15.0 Å². The Balaban J connectivity index is 0.00000243. The lowest BCUT2D eigenvalue weighted by atomic mass is 10.1. The van der Waals surface area contributed by atoms with Gasteiger partial charge in [-0.25, -0.2) is 4.68 Å². The van der Waals surface area contributed by atoms with Crippen molar-refractivity contribution in [2.75, 3.05) is 26.7 Å². The van der Waals surface area contributed by atoms with Crippen LogP contribution in [0.4, 0.5) is 0 Å². The molecule has 0 saturated carbocycles. The van der Waals surface area contributed by atoms with Gasteiger partial charge in [0, 0.05) is 13.1 Å². The third kappa shape index (κ3) is 4.56. The highest BCUT2D eigenvalue weighted by Gasteiger charge is 2.27. The molecule has 3 rings (SSSR count). The van der Waals surface area contributed by atoms with Crippen molar-refractivity contribution in [1.82, 2.24) is 20.0 Å². The summed E-state index contributed by atoms with van der Waals surface area (Å²) in [6.45, 7) is 4.50. The van der Waals surface area contributed by atoms with E-state index >= 15 is 0 Å². The maximum atomic E-state index is 13.0. The Kier molecular flexibility index (Phi) is 7.48. The van der Waals surface area contributed by atoms with E-state index in [1.165, 1.54) is 0 Å². The molecule has 2 heterocycles. The molecule has 1 aliphatic heterocycles. The molecule has 0 spiro atoms. The topological polar surface area (TPSA) is 59.4 Å². The third-order valence-electron chi connectivity index (χ3n) is 4.54. The predicted octanol–water partition coefficient (Wildman–Crippen LogP) is 2.91. The lowest BCUT2D eigenvalue weighted by molar-refractivity contribution is 0.0692. The van der Waals surface area contributed by atoms with E-state index in [2.05, 4.69) is 10.4 Å². The van der Waals surface area contributed by atoms with Crippen molar-refractivity contribution in [3.8, 4) is 11.4 Å². The molecule has 1 fully saturated rings. The number of rotatable bonds is 6. The number of hydrogen-bond acceptors (Lipinski definition) is 4. The van der Waals surface area contributed by atoms with Crippen LogP contribution >= 0.6 is 12.4 Å². The number of piperidine rings is 1. The monoisotopic (exact) mass is 378 g/mol. The number of nitrogens with one attached hydrogen (secondary N) is 1. The number of amides is 1. The van der Waals surface area contributed by atoms with Crippen molar-refractivity contribution in [3.05, 3.63) is 42.2 Å². The van der Waals surface area contributed by atoms with Gasteiger partial charge in [-0.1, -0.05) is 25.1 Å². The first-order chi connectivity index (χ1) is 12.2. The van der Waals surface area contributed by atoms with Crippen molar-refractivity contribution in [2.45, 2.75) is 32.2 Å². The number of carbonyl (C=O) groups is 1. The second-order valence-corrected chi connectivity index (χ2v) is 6.37. The normalized spacial score (nSPS) is 14.5. The standard InChI is InChI=1S/C19H26N4O2.ClH/c1-3-13-25-17-14-23(16-7-5-4-6-8-16)21-18(17)19(24)22(2)15-9-11-20-12-10-15;/h4-8,14-15,20H,3,9-13H2,1-2H3;1H. The molecule has 0 unspecified atom stereocenters. The Morgan fingerprint density at radius 1 is 1.31 bits per heavy atom. The first-order valence-corrected chi connectivity index (χ1v) is 8.96. The van der Waals surface area contributed by atoms with Crippen molar-refractivity contribution >= 4 is 18.3 Å². The molecule has 0 atom stereocenters. The fourth-order valence-corrected chi connectivity index (χ4v) is 3.06. The van der Waals surface area contributed by atoms with Gasteiger partial charge in [-0.05, 0) is 44.5 Å². The van der Waals surface area contributed by atoms with Gasteiger partial charge in [0.2, 0.25) is 0 Å². The largest absolute Gasteiger partial charge is 0.489 e. The Morgan fingerprint density at radius 3 is 2.65 bits per heavy atom. The van der Waals surface area contributed by atoms with Crippen LogP contribution in [0.3, 0.4) is 0 Å². The first-order valence-electron chi connectivity index (χ1n) is 8.96.